The number of hydrogen-bond acceptors (Lipinski definition) is 6. The maximum absolute atomic E-state index is 14.1. The van der Waals surface area contributed by atoms with Crippen LogP contribution in [0.2, 0.25) is 0 Å². The van der Waals surface area contributed by atoms with E-state index in [2.05, 4.69) is 0 Å². The zero-order valence-electron chi connectivity index (χ0n) is 16.6. The fraction of sp³-hybridized carbons (Fsp3) is 0.350. The summed E-state index contributed by atoms with van der Waals surface area (Å²) in [6.45, 7) is 2.04. The van der Waals surface area contributed by atoms with Gasteiger partial charge >= 0.3 is 10.1 Å². The molecule has 0 heterocycles. The van der Waals surface area contributed by atoms with E-state index in [0.717, 1.165) is 0 Å². The van der Waals surface area contributed by atoms with Crippen molar-refractivity contribution in [2.75, 3.05) is 33.1 Å². The third kappa shape index (κ3) is 6.16. The summed E-state index contributed by atoms with van der Waals surface area (Å²) in [5, 5.41) is 0. The first kappa shape index (κ1) is 22.6. The quantitative estimate of drug-likeness (QED) is 0.545. The van der Waals surface area contributed by atoms with E-state index in [4.69, 9.17) is 13.7 Å². The number of nitrogens with zero attached hydrogens (tertiary/aromatic N) is 1. The van der Waals surface area contributed by atoms with Crippen LogP contribution in [0.4, 0.5) is 4.39 Å². The second-order valence-corrected chi connectivity index (χ2v) is 7.97. The first-order valence-corrected chi connectivity index (χ1v) is 10.5. The van der Waals surface area contributed by atoms with Crippen LogP contribution < -0.4 is 8.92 Å². The highest BCUT2D eigenvalue weighted by Gasteiger charge is 2.21. The molecule has 158 valence electrons. The van der Waals surface area contributed by atoms with Gasteiger partial charge in [0.2, 0.25) is 0 Å². The Morgan fingerprint density at radius 3 is 2.45 bits per heavy atom. The Bertz CT molecular complexity index is 948. The molecule has 29 heavy (non-hydrogen) atoms. The Kier molecular flexibility index (Phi) is 7.98. The standard InChI is InChI=1S/C20H24FNO6S/c1-4-29(24,25)28-19-13-15(9-10-18(19)27-3)14-22(11-12-26-2)20(23)16-7-5-6-8-17(16)21/h5-10,13H,4,11-12,14H2,1-3H3. The maximum Gasteiger partial charge on any atom is 0.309 e. The fourth-order valence-electron chi connectivity index (χ4n) is 2.56. The molecule has 7 nitrogen and oxygen atoms in total. The molecule has 0 aliphatic rings. The van der Waals surface area contributed by atoms with E-state index in [1.165, 1.54) is 50.3 Å². The molecule has 0 aliphatic carbocycles. The van der Waals surface area contributed by atoms with Gasteiger partial charge in [-0.15, -0.1) is 0 Å². The summed E-state index contributed by atoms with van der Waals surface area (Å²) in [6.07, 6.45) is 0. The number of hydrogen-bond donors (Lipinski definition) is 0. The molecule has 0 saturated heterocycles. The molecular weight excluding hydrogens is 401 g/mol. The van der Waals surface area contributed by atoms with E-state index in [0.29, 0.717) is 5.56 Å². The lowest BCUT2D eigenvalue weighted by Crippen LogP contribution is -2.34. The van der Waals surface area contributed by atoms with Crippen molar-refractivity contribution < 1.29 is 31.3 Å². The van der Waals surface area contributed by atoms with E-state index in [9.17, 15) is 17.6 Å². The molecule has 0 atom stereocenters. The van der Waals surface area contributed by atoms with Gasteiger partial charge < -0.3 is 18.6 Å². The number of halogens is 1. The summed E-state index contributed by atoms with van der Waals surface area (Å²) >= 11 is 0. The molecule has 0 unspecified atom stereocenters. The SMILES string of the molecule is CCS(=O)(=O)Oc1cc(CN(CCOC)C(=O)c2ccccc2F)ccc1OC. The Morgan fingerprint density at radius 1 is 1.10 bits per heavy atom. The van der Waals surface area contributed by atoms with Gasteiger partial charge in [0.05, 0.1) is 25.0 Å². The number of benzene rings is 2. The van der Waals surface area contributed by atoms with Crippen LogP contribution in [0.25, 0.3) is 0 Å². The number of ether oxygens (including phenoxy) is 2. The molecule has 2 aromatic carbocycles. The lowest BCUT2D eigenvalue weighted by molar-refractivity contribution is 0.0675. The van der Waals surface area contributed by atoms with E-state index < -0.39 is 21.8 Å². The fourth-order valence-corrected chi connectivity index (χ4v) is 3.08. The number of methoxy groups -OCH3 is 2. The van der Waals surface area contributed by atoms with Crippen molar-refractivity contribution in [3.05, 3.63) is 59.4 Å². The van der Waals surface area contributed by atoms with Crippen molar-refractivity contribution in [1.82, 2.24) is 4.90 Å². The molecule has 0 radical (unpaired) electrons. The predicted octanol–water partition coefficient (Wildman–Crippen LogP) is 2.85. The largest absolute Gasteiger partial charge is 0.493 e. The van der Waals surface area contributed by atoms with Crippen LogP contribution in [0.5, 0.6) is 11.5 Å². The van der Waals surface area contributed by atoms with Gasteiger partial charge in [-0.2, -0.15) is 8.42 Å². The molecule has 0 N–H and O–H groups in total. The molecule has 0 fully saturated rings. The minimum Gasteiger partial charge on any atom is -0.493 e. The average molecular weight is 425 g/mol. The van der Waals surface area contributed by atoms with Gasteiger partial charge in [0, 0.05) is 20.2 Å². The Balaban J connectivity index is 2.33. The molecule has 0 aromatic heterocycles. The Morgan fingerprint density at radius 2 is 1.83 bits per heavy atom. The van der Waals surface area contributed by atoms with Crippen LogP contribution in [0.1, 0.15) is 22.8 Å². The maximum atomic E-state index is 14.1. The third-order valence-corrected chi connectivity index (χ3v) is 5.27. The first-order chi connectivity index (χ1) is 13.8. The van der Waals surface area contributed by atoms with Gasteiger partial charge in [-0.25, -0.2) is 4.39 Å². The van der Waals surface area contributed by atoms with Crippen LogP contribution in [0.3, 0.4) is 0 Å². The molecule has 0 aliphatic heterocycles. The van der Waals surface area contributed by atoms with Crippen molar-refractivity contribution in [2.24, 2.45) is 0 Å². The third-order valence-electron chi connectivity index (χ3n) is 4.13. The van der Waals surface area contributed by atoms with Crippen molar-refractivity contribution in [3.63, 3.8) is 0 Å². The van der Waals surface area contributed by atoms with Gasteiger partial charge in [0.25, 0.3) is 5.91 Å². The highest BCUT2D eigenvalue weighted by Crippen LogP contribution is 2.30. The van der Waals surface area contributed by atoms with Crippen LogP contribution in [-0.4, -0.2) is 52.3 Å². The lowest BCUT2D eigenvalue weighted by Gasteiger charge is -2.23. The van der Waals surface area contributed by atoms with Gasteiger partial charge in [-0.05, 0) is 36.8 Å². The van der Waals surface area contributed by atoms with Crippen LogP contribution >= 0.6 is 0 Å². The summed E-state index contributed by atoms with van der Waals surface area (Å²) in [6, 6.07) is 10.4. The van der Waals surface area contributed by atoms with Crippen molar-refractivity contribution in [3.8, 4) is 11.5 Å². The van der Waals surface area contributed by atoms with Gasteiger partial charge in [0.15, 0.2) is 11.5 Å². The molecule has 0 spiro atoms. The number of rotatable bonds is 10. The topological polar surface area (TPSA) is 82.1 Å². The van der Waals surface area contributed by atoms with Crippen LogP contribution in [0, 0.1) is 5.82 Å². The van der Waals surface area contributed by atoms with E-state index in [-0.39, 0.29) is 42.5 Å². The summed E-state index contributed by atoms with van der Waals surface area (Å²) in [5.74, 6) is -1.05. The van der Waals surface area contributed by atoms with E-state index in [1.807, 2.05) is 0 Å². The highest BCUT2D eigenvalue weighted by molar-refractivity contribution is 7.87. The predicted molar refractivity (Wildman–Crippen MR) is 106 cm³/mol. The van der Waals surface area contributed by atoms with Crippen molar-refractivity contribution in [1.29, 1.82) is 0 Å². The van der Waals surface area contributed by atoms with Gasteiger partial charge in [0.1, 0.15) is 5.82 Å². The Hall–Kier alpha value is -2.65. The molecule has 2 aromatic rings. The minimum absolute atomic E-state index is 0.0249. The number of carbonyl (C=O) groups excluding carboxylic acids is 1. The van der Waals surface area contributed by atoms with E-state index in [1.54, 1.807) is 18.2 Å². The van der Waals surface area contributed by atoms with Gasteiger partial charge in [-0.3, -0.25) is 4.79 Å². The normalized spacial score (nSPS) is 11.2. The van der Waals surface area contributed by atoms with Crippen LogP contribution in [0.15, 0.2) is 42.5 Å². The zero-order valence-corrected chi connectivity index (χ0v) is 17.4. The van der Waals surface area contributed by atoms with Gasteiger partial charge in [-0.1, -0.05) is 18.2 Å². The molecule has 2 rings (SSSR count). The molecule has 9 heteroatoms. The number of amides is 1. The Labute approximate surface area is 170 Å². The minimum atomic E-state index is -3.76. The van der Waals surface area contributed by atoms with Crippen molar-refractivity contribution in [2.45, 2.75) is 13.5 Å². The van der Waals surface area contributed by atoms with E-state index >= 15 is 0 Å². The lowest BCUT2D eigenvalue weighted by atomic mass is 10.1. The summed E-state index contributed by atoms with van der Waals surface area (Å²) in [4.78, 5) is 14.3. The summed E-state index contributed by atoms with van der Waals surface area (Å²) in [7, 11) is -0.863. The number of carbonyl (C=O) groups is 1. The second kappa shape index (κ2) is 10.2. The average Bonchev–Trinajstić information content (AvgIpc) is 2.71. The summed E-state index contributed by atoms with van der Waals surface area (Å²) < 4.78 is 53.1. The smallest absolute Gasteiger partial charge is 0.309 e. The highest BCUT2D eigenvalue weighted by atomic mass is 32.2. The summed E-state index contributed by atoms with van der Waals surface area (Å²) in [5.41, 5.74) is 0.537. The molecule has 0 bridgehead atoms. The zero-order chi connectivity index (χ0) is 21.4. The van der Waals surface area contributed by atoms with Crippen LogP contribution in [-0.2, 0) is 21.4 Å². The first-order valence-electron chi connectivity index (χ1n) is 8.93. The van der Waals surface area contributed by atoms with Crippen molar-refractivity contribution >= 4 is 16.0 Å². The monoisotopic (exact) mass is 425 g/mol. The molecular formula is C20H24FNO6S. The second-order valence-electron chi connectivity index (χ2n) is 6.11. The molecule has 1 amide bonds. The molecule has 0 saturated carbocycles.